The minimum absolute atomic E-state index is 0.192. The highest BCUT2D eigenvalue weighted by Gasteiger charge is 2.14. The third-order valence-electron chi connectivity index (χ3n) is 3.51. The van der Waals surface area contributed by atoms with E-state index in [1.54, 1.807) is 31.4 Å². The van der Waals surface area contributed by atoms with Crippen molar-refractivity contribution in [2.45, 2.75) is 11.8 Å². The molecule has 130 valence electrons. The zero-order valence-electron chi connectivity index (χ0n) is 13.7. The van der Waals surface area contributed by atoms with E-state index in [-0.39, 0.29) is 4.90 Å². The van der Waals surface area contributed by atoms with Gasteiger partial charge in [-0.1, -0.05) is 17.7 Å². The normalized spacial score (nSPS) is 11.3. The summed E-state index contributed by atoms with van der Waals surface area (Å²) in [6.45, 7) is 1.90. The second-order valence-corrected chi connectivity index (χ2v) is 7.85. The predicted molar refractivity (Wildman–Crippen MR) is 99.2 cm³/mol. The minimum Gasteiger partial charge on any atom is -0.497 e. The summed E-state index contributed by atoms with van der Waals surface area (Å²) >= 11 is 1.31. The molecule has 25 heavy (non-hydrogen) atoms. The molecule has 2 aromatic carbocycles. The van der Waals surface area contributed by atoms with Crippen molar-refractivity contribution in [3.8, 4) is 17.0 Å². The molecule has 0 saturated heterocycles. The SMILES string of the molecule is COc1ccc(-c2csc(NNS(=O)(=O)c3ccc(C)cc3)n2)cc1. The van der Waals surface area contributed by atoms with Crippen molar-refractivity contribution in [2.75, 3.05) is 12.5 Å². The number of thiazole rings is 1. The van der Waals surface area contributed by atoms with E-state index >= 15 is 0 Å². The Morgan fingerprint density at radius 1 is 1.04 bits per heavy atom. The van der Waals surface area contributed by atoms with E-state index in [1.807, 2.05) is 36.6 Å². The van der Waals surface area contributed by atoms with Crippen LogP contribution in [0.4, 0.5) is 5.13 Å². The van der Waals surface area contributed by atoms with Crippen molar-refractivity contribution in [2.24, 2.45) is 0 Å². The van der Waals surface area contributed by atoms with Gasteiger partial charge in [-0.05, 0) is 43.3 Å². The van der Waals surface area contributed by atoms with Crippen LogP contribution in [0.3, 0.4) is 0 Å². The number of hydrogen-bond donors (Lipinski definition) is 2. The molecule has 2 N–H and O–H groups in total. The Hall–Kier alpha value is -2.42. The Labute approximate surface area is 150 Å². The standard InChI is InChI=1S/C17H17N3O3S2/c1-12-3-9-15(10-4-12)25(21,22)20-19-17-18-16(11-24-17)13-5-7-14(23-2)8-6-13/h3-11,20H,1-2H3,(H,18,19). The zero-order valence-corrected chi connectivity index (χ0v) is 15.3. The fraction of sp³-hybridized carbons (Fsp3) is 0.118. The molecule has 3 rings (SSSR count). The summed E-state index contributed by atoms with van der Waals surface area (Å²) in [4.78, 5) is 6.92. The Morgan fingerprint density at radius 3 is 2.36 bits per heavy atom. The Kier molecular flexibility index (Phi) is 5.03. The number of sulfonamides is 1. The quantitative estimate of drug-likeness (QED) is 0.645. The molecule has 0 aliphatic heterocycles. The number of anilines is 1. The second-order valence-electron chi connectivity index (χ2n) is 5.31. The number of benzene rings is 2. The fourth-order valence-electron chi connectivity index (χ4n) is 2.11. The molecule has 0 saturated carbocycles. The van der Waals surface area contributed by atoms with Crippen molar-refractivity contribution in [1.29, 1.82) is 0 Å². The zero-order chi connectivity index (χ0) is 17.9. The number of ether oxygens (including phenoxy) is 1. The lowest BCUT2D eigenvalue weighted by atomic mass is 10.2. The number of methoxy groups -OCH3 is 1. The van der Waals surface area contributed by atoms with Gasteiger partial charge >= 0.3 is 0 Å². The topological polar surface area (TPSA) is 80.3 Å². The van der Waals surface area contributed by atoms with Crippen molar-refractivity contribution in [3.05, 3.63) is 59.5 Å². The van der Waals surface area contributed by atoms with Crippen LogP contribution < -0.4 is 15.0 Å². The molecule has 3 aromatic rings. The molecule has 0 aliphatic rings. The van der Waals surface area contributed by atoms with Gasteiger partial charge in [-0.3, -0.25) is 5.43 Å². The number of aryl methyl sites for hydroxylation is 1. The van der Waals surface area contributed by atoms with Crippen molar-refractivity contribution in [3.63, 3.8) is 0 Å². The van der Waals surface area contributed by atoms with Gasteiger partial charge in [0.1, 0.15) is 5.75 Å². The van der Waals surface area contributed by atoms with E-state index in [9.17, 15) is 8.42 Å². The smallest absolute Gasteiger partial charge is 0.257 e. The third-order valence-corrected chi connectivity index (χ3v) is 5.53. The van der Waals surface area contributed by atoms with Crippen LogP contribution in [-0.2, 0) is 10.0 Å². The third kappa shape index (κ3) is 4.16. The van der Waals surface area contributed by atoms with Crippen LogP contribution in [0.25, 0.3) is 11.3 Å². The van der Waals surface area contributed by atoms with Gasteiger partial charge in [-0.15, -0.1) is 16.2 Å². The number of aromatic nitrogens is 1. The summed E-state index contributed by atoms with van der Waals surface area (Å²) in [6.07, 6.45) is 0. The lowest BCUT2D eigenvalue weighted by Gasteiger charge is -2.07. The van der Waals surface area contributed by atoms with Crippen LogP contribution in [-0.4, -0.2) is 20.5 Å². The van der Waals surface area contributed by atoms with Crippen LogP contribution in [0.1, 0.15) is 5.56 Å². The van der Waals surface area contributed by atoms with Crippen LogP contribution in [0.2, 0.25) is 0 Å². The highest BCUT2D eigenvalue weighted by Crippen LogP contribution is 2.26. The molecule has 1 heterocycles. The number of hydrazine groups is 1. The summed E-state index contributed by atoms with van der Waals surface area (Å²) in [5, 5.41) is 2.31. The van der Waals surface area contributed by atoms with E-state index in [0.717, 1.165) is 22.6 Å². The number of hydrogen-bond acceptors (Lipinski definition) is 6. The van der Waals surface area contributed by atoms with Crippen LogP contribution in [0, 0.1) is 6.92 Å². The first-order valence-corrected chi connectivity index (χ1v) is 9.79. The number of nitrogens with zero attached hydrogens (tertiary/aromatic N) is 1. The van der Waals surface area contributed by atoms with Gasteiger partial charge in [0.15, 0.2) is 5.13 Å². The minimum atomic E-state index is -3.65. The maximum absolute atomic E-state index is 12.3. The summed E-state index contributed by atoms with van der Waals surface area (Å²) in [7, 11) is -2.04. The van der Waals surface area contributed by atoms with E-state index < -0.39 is 10.0 Å². The average Bonchev–Trinajstić information content (AvgIpc) is 3.10. The van der Waals surface area contributed by atoms with Gasteiger partial charge < -0.3 is 4.74 Å². The highest BCUT2D eigenvalue weighted by molar-refractivity contribution is 7.89. The molecule has 0 bridgehead atoms. The van der Waals surface area contributed by atoms with Crippen molar-refractivity contribution >= 4 is 26.5 Å². The lowest BCUT2D eigenvalue weighted by molar-refractivity contribution is 0.415. The Balaban J connectivity index is 1.69. The first-order valence-electron chi connectivity index (χ1n) is 7.42. The first kappa shape index (κ1) is 17.4. The molecular formula is C17H17N3O3S2. The average molecular weight is 375 g/mol. The Morgan fingerprint density at radius 2 is 1.72 bits per heavy atom. The summed E-state index contributed by atoms with van der Waals surface area (Å²) in [5.41, 5.74) is 5.33. The van der Waals surface area contributed by atoms with E-state index in [0.29, 0.717) is 5.13 Å². The largest absolute Gasteiger partial charge is 0.497 e. The van der Waals surface area contributed by atoms with Gasteiger partial charge in [-0.2, -0.15) is 0 Å². The molecule has 0 spiro atoms. The molecule has 0 radical (unpaired) electrons. The van der Waals surface area contributed by atoms with Gasteiger partial charge in [0.05, 0.1) is 17.7 Å². The molecule has 1 aromatic heterocycles. The Bertz CT molecular complexity index is 950. The maximum atomic E-state index is 12.3. The van der Waals surface area contributed by atoms with Crippen LogP contribution in [0.5, 0.6) is 5.75 Å². The van der Waals surface area contributed by atoms with Crippen molar-refractivity contribution < 1.29 is 13.2 Å². The maximum Gasteiger partial charge on any atom is 0.257 e. The lowest BCUT2D eigenvalue weighted by Crippen LogP contribution is -2.29. The second kappa shape index (κ2) is 7.22. The summed E-state index contributed by atoms with van der Waals surface area (Å²) in [6, 6.07) is 14.1. The first-order chi connectivity index (χ1) is 12.0. The van der Waals surface area contributed by atoms with Gasteiger partial charge in [0.25, 0.3) is 10.0 Å². The molecule has 0 amide bonds. The highest BCUT2D eigenvalue weighted by atomic mass is 32.2. The van der Waals surface area contributed by atoms with Gasteiger partial charge in [-0.25, -0.2) is 13.4 Å². The van der Waals surface area contributed by atoms with Crippen molar-refractivity contribution in [1.82, 2.24) is 9.82 Å². The number of nitrogens with one attached hydrogen (secondary N) is 2. The molecular weight excluding hydrogens is 358 g/mol. The molecule has 0 unspecified atom stereocenters. The number of rotatable bonds is 6. The fourth-order valence-corrected chi connectivity index (χ4v) is 3.69. The monoisotopic (exact) mass is 375 g/mol. The molecule has 0 fully saturated rings. The van der Waals surface area contributed by atoms with Gasteiger partial charge in [0.2, 0.25) is 0 Å². The predicted octanol–water partition coefficient (Wildman–Crippen LogP) is 3.43. The van der Waals surface area contributed by atoms with E-state index in [4.69, 9.17) is 4.74 Å². The van der Waals surface area contributed by atoms with Crippen LogP contribution >= 0.6 is 11.3 Å². The molecule has 0 atom stereocenters. The van der Waals surface area contributed by atoms with Crippen LogP contribution in [0.15, 0.2) is 58.8 Å². The molecule has 8 heteroatoms. The van der Waals surface area contributed by atoms with E-state index in [2.05, 4.69) is 15.2 Å². The van der Waals surface area contributed by atoms with Gasteiger partial charge in [0, 0.05) is 10.9 Å². The summed E-state index contributed by atoms with van der Waals surface area (Å²) in [5.74, 6) is 0.767. The summed E-state index contributed by atoms with van der Waals surface area (Å²) < 4.78 is 29.6. The molecule has 6 nitrogen and oxygen atoms in total. The molecule has 0 aliphatic carbocycles. The van der Waals surface area contributed by atoms with E-state index in [1.165, 1.54) is 11.3 Å².